The van der Waals surface area contributed by atoms with Crippen molar-refractivity contribution in [3.8, 4) is 0 Å². The first-order valence-corrected chi connectivity index (χ1v) is 7.79. The van der Waals surface area contributed by atoms with Crippen molar-refractivity contribution in [2.45, 2.75) is 64.7 Å². The Morgan fingerprint density at radius 3 is 2.35 bits per heavy atom. The zero-order valence-corrected chi connectivity index (χ0v) is 12.6. The molecule has 1 aromatic heterocycles. The van der Waals surface area contributed by atoms with Gasteiger partial charge in [0.15, 0.2) is 5.49 Å². The number of nitrogens with two attached hydrogens (primary N) is 1. The van der Waals surface area contributed by atoms with E-state index < -0.39 is 0 Å². The fourth-order valence-corrected chi connectivity index (χ4v) is 2.16. The first-order valence-electron chi connectivity index (χ1n) is 7.79. The lowest BCUT2D eigenvalue weighted by Crippen LogP contribution is -2.22. The first kappa shape index (κ1) is 16.5. The van der Waals surface area contributed by atoms with Crippen molar-refractivity contribution in [2.75, 3.05) is 12.3 Å². The molecule has 3 N–H and O–H groups in total. The van der Waals surface area contributed by atoms with Crippen molar-refractivity contribution in [1.82, 2.24) is 9.71 Å². The van der Waals surface area contributed by atoms with Gasteiger partial charge in [-0.05, 0) is 6.42 Å². The van der Waals surface area contributed by atoms with Crippen molar-refractivity contribution < 1.29 is 5.21 Å². The van der Waals surface area contributed by atoms with Crippen molar-refractivity contribution in [1.29, 1.82) is 0 Å². The van der Waals surface area contributed by atoms with E-state index in [2.05, 4.69) is 16.9 Å². The lowest BCUT2D eigenvalue weighted by molar-refractivity contribution is 0.175. The molecule has 0 amide bonds. The van der Waals surface area contributed by atoms with Gasteiger partial charge in [-0.15, -0.1) is 4.73 Å². The Morgan fingerprint density at radius 1 is 1.10 bits per heavy atom. The fourth-order valence-electron chi connectivity index (χ4n) is 2.16. The molecule has 0 radical (unpaired) electrons. The number of nitrogens with zero attached hydrogens (tertiary/aromatic N) is 3. The molecular formula is C15H28N4O. The zero-order chi connectivity index (χ0) is 14.6. The summed E-state index contributed by atoms with van der Waals surface area (Å²) >= 11 is 0. The molecule has 0 fully saturated rings. The predicted molar refractivity (Wildman–Crippen MR) is 81.5 cm³/mol. The summed E-state index contributed by atoms with van der Waals surface area (Å²) in [6.07, 6.45) is 13.2. The number of aromatic nitrogens is 2. The number of rotatable bonds is 10. The first-order chi connectivity index (χ1) is 9.75. The highest BCUT2D eigenvalue weighted by Gasteiger charge is 1.95. The Labute approximate surface area is 121 Å². The number of unbranched alkanes of at least 4 members (excludes halogenated alkanes) is 8. The van der Waals surface area contributed by atoms with Crippen LogP contribution in [0.5, 0.6) is 0 Å². The van der Waals surface area contributed by atoms with Crippen LogP contribution in [0.15, 0.2) is 17.3 Å². The molecule has 5 heteroatoms. The molecule has 0 saturated heterocycles. The van der Waals surface area contributed by atoms with Gasteiger partial charge >= 0.3 is 0 Å². The van der Waals surface area contributed by atoms with Gasteiger partial charge in [0, 0.05) is 18.8 Å². The van der Waals surface area contributed by atoms with Crippen molar-refractivity contribution >= 4 is 5.95 Å². The molecule has 5 nitrogen and oxygen atoms in total. The smallest absolute Gasteiger partial charge is 0.236 e. The number of hydrogen-bond donors (Lipinski definition) is 2. The molecule has 0 atom stereocenters. The molecule has 0 aliphatic carbocycles. The normalized spacial score (nSPS) is 11.9. The van der Waals surface area contributed by atoms with Crippen LogP contribution >= 0.6 is 0 Å². The van der Waals surface area contributed by atoms with Crippen LogP contribution in [0, 0.1) is 0 Å². The molecule has 0 aromatic carbocycles. The molecule has 114 valence electrons. The molecule has 0 unspecified atom stereocenters. The fraction of sp³-hybridized carbons (Fsp3) is 0.733. The van der Waals surface area contributed by atoms with Gasteiger partial charge < -0.3 is 10.9 Å². The lowest BCUT2D eigenvalue weighted by Gasteiger charge is -2.02. The SMILES string of the molecule is CCCCCCCCCCCN=c1ccnc(N)n1O. The average molecular weight is 280 g/mol. The van der Waals surface area contributed by atoms with Crippen molar-refractivity contribution in [3.05, 3.63) is 17.8 Å². The second kappa shape index (κ2) is 10.3. The van der Waals surface area contributed by atoms with E-state index in [0.717, 1.165) is 17.7 Å². The molecule has 1 heterocycles. The molecular weight excluding hydrogens is 252 g/mol. The average Bonchev–Trinajstić information content (AvgIpc) is 2.45. The monoisotopic (exact) mass is 280 g/mol. The summed E-state index contributed by atoms with van der Waals surface area (Å²) in [7, 11) is 0. The van der Waals surface area contributed by atoms with Gasteiger partial charge in [0.25, 0.3) is 0 Å². The van der Waals surface area contributed by atoms with E-state index in [-0.39, 0.29) is 5.95 Å². The minimum Gasteiger partial charge on any atom is -0.423 e. The highest BCUT2D eigenvalue weighted by Crippen LogP contribution is 2.09. The Balaban J connectivity index is 2.09. The Morgan fingerprint density at radius 2 is 1.70 bits per heavy atom. The maximum absolute atomic E-state index is 9.58. The summed E-state index contributed by atoms with van der Waals surface area (Å²) in [4.78, 5) is 8.09. The van der Waals surface area contributed by atoms with Crippen LogP contribution in [0.4, 0.5) is 5.95 Å². The topological polar surface area (TPSA) is 76.4 Å². The zero-order valence-electron chi connectivity index (χ0n) is 12.6. The Bertz CT molecular complexity index is 428. The van der Waals surface area contributed by atoms with Gasteiger partial charge in [0.2, 0.25) is 5.95 Å². The summed E-state index contributed by atoms with van der Waals surface area (Å²) in [5.74, 6) is 0.0679. The van der Waals surface area contributed by atoms with E-state index in [9.17, 15) is 5.21 Å². The summed E-state index contributed by atoms with van der Waals surface area (Å²) in [5, 5.41) is 9.58. The molecule has 0 bridgehead atoms. The molecule has 20 heavy (non-hydrogen) atoms. The molecule has 0 aliphatic rings. The third kappa shape index (κ3) is 6.59. The largest absolute Gasteiger partial charge is 0.423 e. The minimum atomic E-state index is 0.0679. The number of nitrogen functional groups attached to an aromatic ring is 1. The molecule has 0 saturated carbocycles. The summed E-state index contributed by atoms with van der Waals surface area (Å²) < 4.78 is 0.827. The molecule has 0 spiro atoms. The van der Waals surface area contributed by atoms with Gasteiger partial charge in [0.1, 0.15) is 0 Å². The Hall–Kier alpha value is -1.52. The van der Waals surface area contributed by atoms with Gasteiger partial charge in [0.05, 0.1) is 0 Å². The third-order valence-electron chi connectivity index (χ3n) is 3.40. The second-order valence-electron chi connectivity index (χ2n) is 5.18. The molecule has 1 aromatic rings. The highest BCUT2D eigenvalue weighted by molar-refractivity contribution is 5.13. The number of anilines is 1. The van der Waals surface area contributed by atoms with Gasteiger partial charge in [-0.3, -0.25) is 4.99 Å². The van der Waals surface area contributed by atoms with Crippen LogP contribution in [0.1, 0.15) is 64.7 Å². The van der Waals surface area contributed by atoms with Gasteiger partial charge in [-0.1, -0.05) is 58.3 Å². The molecule has 0 aliphatic heterocycles. The summed E-state index contributed by atoms with van der Waals surface area (Å²) in [5.41, 5.74) is 5.95. The van der Waals surface area contributed by atoms with Gasteiger partial charge in [-0.25, -0.2) is 4.98 Å². The van der Waals surface area contributed by atoms with Crippen molar-refractivity contribution in [2.24, 2.45) is 4.99 Å². The van der Waals surface area contributed by atoms with E-state index in [1.165, 1.54) is 51.4 Å². The maximum atomic E-state index is 9.58. The lowest BCUT2D eigenvalue weighted by atomic mass is 10.1. The summed E-state index contributed by atoms with van der Waals surface area (Å²) in [6, 6.07) is 1.66. The Kier molecular flexibility index (Phi) is 8.51. The van der Waals surface area contributed by atoms with Crippen LogP contribution in [0.2, 0.25) is 0 Å². The van der Waals surface area contributed by atoms with E-state index in [1.54, 1.807) is 12.3 Å². The van der Waals surface area contributed by atoms with E-state index in [1.807, 2.05) is 0 Å². The van der Waals surface area contributed by atoms with E-state index >= 15 is 0 Å². The van der Waals surface area contributed by atoms with E-state index in [0.29, 0.717) is 5.49 Å². The highest BCUT2D eigenvalue weighted by atomic mass is 16.5. The quantitative estimate of drug-likeness (QED) is 0.510. The van der Waals surface area contributed by atoms with Crippen molar-refractivity contribution in [3.63, 3.8) is 0 Å². The van der Waals surface area contributed by atoms with Crippen LogP contribution in [-0.2, 0) is 0 Å². The maximum Gasteiger partial charge on any atom is 0.236 e. The summed E-state index contributed by atoms with van der Waals surface area (Å²) in [6.45, 7) is 2.97. The van der Waals surface area contributed by atoms with Crippen LogP contribution in [0.3, 0.4) is 0 Å². The second-order valence-corrected chi connectivity index (χ2v) is 5.18. The van der Waals surface area contributed by atoms with Crippen LogP contribution < -0.4 is 11.2 Å². The standard InChI is InChI=1S/C15H28N4O/c1-2-3-4-5-6-7-8-9-10-12-17-14-11-13-18-15(16)19(14)20/h11,13,20H,2-10,12H2,1H3,(H2,16,18). The van der Waals surface area contributed by atoms with Crippen LogP contribution in [0.25, 0.3) is 0 Å². The van der Waals surface area contributed by atoms with Gasteiger partial charge in [-0.2, -0.15) is 0 Å². The minimum absolute atomic E-state index is 0.0679. The van der Waals surface area contributed by atoms with E-state index in [4.69, 9.17) is 5.73 Å². The number of hydrogen-bond acceptors (Lipinski definition) is 4. The van der Waals surface area contributed by atoms with Crippen LogP contribution in [-0.4, -0.2) is 21.5 Å². The predicted octanol–water partition coefficient (Wildman–Crippen LogP) is 3.13. The molecule has 1 rings (SSSR count). The third-order valence-corrected chi connectivity index (χ3v) is 3.40.